The van der Waals surface area contributed by atoms with Crippen molar-refractivity contribution in [1.82, 2.24) is 0 Å². The molecule has 2 N–H and O–H groups in total. The lowest BCUT2D eigenvalue weighted by molar-refractivity contribution is 0.00511. The van der Waals surface area contributed by atoms with Crippen molar-refractivity contribution < 1.29 is 14.9 Å². The van der Waals surface area contributed by atoms with Crippen molar-refractivity contribution in [2.45, 2.75) is 66.6 Å². The van der Waals surface area contributed by atoms with Gasteiger partial charge in [-0.1, -0.05) is 26.0 Å². The van der Waals surface area contributed by atoms with Crippen LogP contribution in [0, 0.1) is 0 Å². The third kappa shape index (κ3) is 58.6. The second kappa shape index (κ2) is 30.4. The van der Waals surface area contributed by atoms with Gasteiger partial charge in [0.25, 0.3) is 0 Å². The predicted octanol–water partition coefficient (Wildman–Crippen LogP) is 3.96. The van der Waals surface area contributed by atoms with E-state index in [1.807, 2.05) is 13.8 Å². The molecule has 0 rings (SSSR count). The first-order chi connectivity index (χ1) is 8.94. The fourth-order valence-electron chi connectivity index (χ4n) is 0.589. The van der Waals surface area contributed by atoms with Crippen LogP contribution in [0.1, 0.15) is 54.4 Å². The molecule has 0 spiro atoms. The molecule has 0 bridgehead atoms. The minimum absolute atomic E-state index is 0.125. The Kier molecular flexibility index (Phi) is 43.0. The maximum atomic E-state index is 7.62. The first-order valence-corrected chi connectivity index (χ1v) is 6.96. The van der Waals surface area contributed by atoms with Crippen LogP contribution >= 0.6 is 0 Å². The largest absolute Gasteiger partial charge is 0.394 e. The summed E-state index contributed by atoms with van der Waals surface area (Å²) in [5.74, 6) is 0. The van der Waals surface area contributed by atoms with Crippen molar-refractivity contribution in [1.29, 1.82) is 0 Å². The molecule has 0 saturated heterocycles. The molecule has 3 heteroatoms. The third-order valence-electron chi connectivity index (χ3n) is 1.71. The van der Waals surface area contributed by atoms with E-state index in [4.69, 9.17) is 14.9 Å². The summed E-state index contributed by atoms with van der Waals surface area (Å²) in [5.41, 5.74) is 0. The van der Waals surface area contributed by atoms with E-state index in [2.05, 4.69) is 40.9 Å². The Bertz CT molecular complexity index is 131. The van der Waals surface area contributed by atoms with Crippen molar-refractivity contribution in [3.05, 3.63) is 25.3 Å². The van der Waals surface area contributed by atoms with Crippen LogP contribution in [0.3, 0.4) is 0 Å². The van der Waals surface area contributed by atoms with Gasteiger partial charge in [-0.05, 0) is 40.5 Å². The molecule has 0 aliphatic rings. The monoisotopic (exact) mass is 276 g/mol. The maximum absolute atomic E-state index is 7.62. The Morgan fingerprint density at radius 3 is 1.21 bits per heavy atom. The predicted molar refractivity (Wildman–Crippen MR) is 86.5 cm³/mol. The van der Waals surface area contributed by atoms with E-state index in [1.54, 1.807) is 12.2 Å². The first-order valence-electron chi connectivity index (χ1n) is 6.96. The Hall–Kier alpha value is -0.640. The first kappa shape index (κ1) is 26.8. The van der Waals surface area contributed by atoms with Gasteiger partial charge in [0, 0.05) is 0 Å². The lowest BCUT2D eigenvalue weighted by atomic mass is 10.3. The molecule has 2 unspecified atom stereocenters. The van der Waals surface area contributed by atoms with Gasteiger partial charge in [-0.15, -0.1) is 13.2 Å². The zero-order chi connectivity index (χ0) is 16.1. The molecule has 118 valence electrons. The number of aliphatic hydroxyl groups excluding tert-OH is 2. The summed E-state index contributed by atoms with van der Waals surface area (Å²) in [7, 11) is 0. The van der Waals surface area contributed by atoms with Crippen LogP contribution < -0.4 is 0 Å². The Balaban J connectivity index is -0.0000000937. The van der Waals surface area contributed by atoms with Gasteiger partial charge in [0.15, 0.2) is 0 Å². The molecular weight excluding hydrogens is 240 g/mol. The molecule has 0 aromatic heterocycles. The molecule has 19 heavy (non-hydrogen) atoms. The molecule has 0 amide bonds. The Morgan fingerprint density at radius 2 is 1.11 bits per heavy atom. The van der Waals surface area contributed by atoms with E-state index in [0.29, 0.717) is 12.2 Å². The zero-order valence-electron chi connectivity index (χ0n) is 13.9. The molecular formula is C16H36O3. The average Bonchev–Trinajstić information content (AvgIpc) is 2.40. The van der Waals surface area contributed by atoms with Gasteiger partial charge in [0.05, 0.1) is 25.4 Å². The SMILES string of the molecule is C=CC.C=CC.CCC(C)OC(C)CC.OCCO. The Labute approximate surface area is 121 Å². The van der Waals surface area contributed by atoms with Crippen molar-refractivity contribution in [3.8, 4) is 0 Å². The quantitative estimate of drug-likeness (QED) is 0.747. The summed E-state index contributed by atoms with van der Waals surface area (Å²) >= 11 is 0. The molecule has 0 aliphatic heterocycles. The summed E-state index contributed by atoms with van der Waals surface area (Å²) in [6.07, 6.45) is 6.59. The van der Waals surface area contributed by atoms with E-state index in [-0.39, 0.29) is 13.2 Å². The molecule has 0 aromatic carbocycles. The minimum Gasteiger partial charge on any atom is -0.394 e. The number of allylic oxidation sites excluding steroid dienone is 2. The summed E-state index contributed by atoms with van der Waals surface area (Å²) in [6.45, 7) is 18.8. The number of hydrogen-bond donors (Lipinski definition) is 2. The molecule has 2 atom stereocenters. The standard InChI is InChI=1S/C8H18O.2C3H6.C2H6O2/c1-5-7(3)9-8(4)6-2;2*1-3-2;3-1-2-4/h7-8H,5-6H2,1-4H3;2*3H,1H2,2H3;3-4H,1-2H2. The van der Waals surface area contributed by atoms with Crippen LogP contribution in [0.4, 0.5) is 0 Å². The molecule has 3 nitrogen and oxygen atoms in total. The molecule has 0 aromatic rings. The van der Waals surface area contributed by atoms with Gasteiger partial charge >= 0.3 is 0 Å². The molecule has 0 radical (unpaired) electrons. The van der Waals surface area contributed by atoms with Gasteiger partial charge in [-0.3, -0.25) is 0 Å². The van der Waals surface area contributed by atoms with Crippen molar-refractivity contribution >= 4 is 0 Å². The average molecular weight is 276 g/mol. The van der Waals surface area contributed by atoms with Crippen LogP contribution in [-0.4, -0.2) is 35.6 Å². The van der Waals surface area contributed by atoms with Crippen LogP contribution in [-0.2, 0) is 4.74 Å². The number of ether oxygens (including phenoxy) is 1. The smallest absolute Gasteiger partial charge is 0.0662 e. The number of hydrogen-bond acceptors (Lipinski definition) is 3. The molecule has 0 fully saturated rings. The zero-order valence-corrected chi connectivity index (χ0v) is 13.9. The Morgan fingerprint density at radius 1 is 0.895 bits per heavy atom. The topological polar surface area (TPSA) is 49.7 Å². The van der Waals surface area contributed by atoms with Crippen LogP contribution in [0.2, 0.25) is 0 Å². The summed E-state index contributed by atoms with van der Waals surface area (Å²) in [4.78, 5) is 0. The molecule has 0 heterocycles. The number of aliphatic hydroxyl groups is 2. The van der Waals surface area contributed by atoms with E-state index in [9.17, 15) is 0 Å². The van der Waals surface area contributed by atoms with Crippen LogP contribution in [0.5, 0.6) is 0 Å². The third-order valence-corrected chi connectivity index (χ3v) is 1.71. The van der Waals surface area contributed by atoms with Crippen molar-refractivity contribution in [2.24, 2.45) is 0 Å². The van der Waals surface area contributed by atoms with Gasteiger partial charge in [0.1, 0.15) is 0 Å². The van der Waals surface area contributed by atoms with Gasteiger partial charge in [-0.25, -0.2) is 0 Å². The summed E-state index contributed by atoms with van der Waals surface area (Å²) in [5, 5.41) is 15.2. The van der Waals surface area contributed by atoms with Crippen LogP contribution in [0.25, 0.3) is 0 Å². The van der Waals surface area contributed by atoms with Gasteiger partial charge < -0.3 is 14.9 Å². The highest BCUT2D eigenvalue weighted by molar-refractivity contribution is 4.52. The maximum Gasteiger partial charge on any atom is 0.0662 e. The van der Waals surface area contributed by atoms with E-state index in [1.165, 1.54) is 0 Å². The minimum atomic E-state index is -0.125. The second-order valence-electron chi connectivity index (χ2n) is 3.84. The highest BCUT2D eigenvalue weighted by atomic mass is 16.5. The van der Waals surface area contributed by atoms with Gasteiger partial charge in [0.2, 0.25) is 0 Å². The molecule has 0 aliphatic carbocycles. The summed E-state index contributed by atoms with van der Waals surface area (Å²) < 4.78 is 5.55. The fraction of sp³-hybridized carbons (Fsp3) is 0.750. The second-order valence-corrected chi connectivity index (χ2v) is 3.84. The van der Waals surface area contributed by atoms with Crippen molar-refractivity contribution in [3.63, 3.8) is 0 Å². The highest BCUT2D eigenvalue weighted by Gasteiger charge is 2.02. The lowest BCUT2D eigenvalue weighted by Crippen LogP contribution is -2.14. The lowest BCUT2D eigenvalue weighted by Gasteiger charge is -2.15. The van der Waals surface area contributed by atoms with E-state index >= 15 is 0 Å². The van der Waals surface area contributed by atoms with E-state index in [0.717, 1.165) is 12.8 Å². The van der Waals surface area contributed by atoms with Crippen molar-refractivity contribution in [2.75, 3.05) is 13.2 Å². The normalized spacial score (nSPS) is 11.2. The van der Waals surface area contributed by atoms with Gasteiger partial charge in [-0.2, -0.15) is 0 Å². The van der Waals surface area contributed by atoms with Crippen LogP contribution in [0.15, 0.2) is 25.3 Å². The molecule has 0 saturated carbocycles. The highest BCUT2D eigenvalue weighted by Crippen LogP contribution is 2.03. The number of rotatable bonds is 5. The fourth-order valence-corrected chi connectivity index (χ4v) is 0.589. The van der Waals surface area contributed by atoms with E-state index < -0.39 is 0 Å². The summed E-state index contributed by atoms with van der Waals surface area (Å²) in [6, 6.07) is 0.